The van der Waals surface area contributed by atoms with Gasteiger partial charge in [0, 0.05) is 18.8 Å². The zero-order valence-electron chi connectivity index (χ0n) is 13.9. The highest BCUT2D eigenvalue weighted by Crippen LogP contribution is 2.31. The van der Waals surface area contributed by atoms with Gasteiger partial charge in [-0.3, -0.25) is 14.7 Å². The first kappa shape index (κ1) is 16.3. The fourth-order valence-electron chi connectivity index (χ4n) is 3.70. The van der Waals surface area contributed by atoms with Crippen molar-refractivity contribution >= 4 is 28.9 Å². The Labute approximate surface area is 149 Å². The van der Waals surface area contributed by atoms with Gasteiger partial charge in [-0.1, -0.05) is 11.6 Å². The maximum Gasteiger partial charge on any atom is 0.276 e. The third-order valence-electron chi connectivity index (χ3n) is 4.96. The molecule has 1 fully saturated rings. The molecule has 2 aromatic rings. The Morgan fingerprint density at radius 3 is 3.04 bits per heavy atom. The summed E-state index contributed by atoms with van der Waals surface area (Å²) in [5.74, 6) is 0.500. The van der Waals surface area contributed by atoms with Gasteiger partial charge < -0.3 is 16.4 Å². The zero-order chi connectivity index (χ0) is 17.6. The van der Waals surface area contributed by atoms with Gasteiger partial charge in [-0.25, -0.2) is 9.97 Å². The first-order valence-corrected chi connectivity index (χ1v) is 8.64. The van der Waals surface area contributed by atoms with Gasteiger partial charge in [-0.15, -0.1) is 0 Å². The van der Waals surface area contributed by atoms with Crippen molar-refractivity contribution in [2.75, 3.05) is 24.1 Å². The Balaban J connectivity index is 1.81. The van der Waals surface area contributed by atoms with E-state index in [2.05, 4.69) is 25.9 Å². The molecule has 2 aromatic heterocycles. The molecular formula is C16H20ClN7O. The van der Waals surface area contributed by atoms with E-state index >= 15 is 0 Å². The minimum Gasteiger partial charge on any atom is -0.382 e. The van der Waals surface area contributed by atoms with E-state index in [1.54, 1.807) is 0 Å². The molecule has 8 nitrogen and oxygen atoms in total. The molecular weight excluding hydrogens is 342 g/mol. The van der Waals surface area contributed by atoms with E-state index < -0.39 is 0 Å². The Morgan fingerprint density at radius 2 is 2.28 bits per heavy atom. The van der Waals surface area contributed by atoms with Crippen molar-refractivity contribution in [3.05, 3.63) is 39.0 Å². The molecule has 1 saturated heterocycles. The van der Waals surface area contributed by atoms with Crippen molar-refractivity contribution in [2.24, 2.45) is 0 Å². The predicted octanol–water partition coefficient (Wildman–Crippen LogP) is 1.07. The lowest BCUT2D eigenvalue weighted by Gasteiger charge is -2.36. The average molecular weight is 362 g/mol. The number of nitrogen functional groups attached to an aromatic ring is 1. The molecule has 0 saturated carbocycles. The maximum absolute atomic E-state index is 13.2. The van der Waals surface area contributed by atoms with E-state index in [-0.39, 0.29) is 22.1 Å². The van der Waals surface area contributed by atoms with Gasteiger partial charge in [-0.05, 0) is 37.9 Å². The van der Waals surface area contributed by atoms with Crippen LogP contribution < -0.4 is 27.2 Å². The molecule has 1 unspecified atom stereocenters. The van der Waals surface area contributed by atoms with E-state index in [1.807, 2.05) is 17.6 Å². The number of nitrogens with zero attached hydrogens (tertiary/aromatic N) is 3. The molecule has 9 heteroatoms. The summed E-state index contributed by atoms with van der Waals surface area (Å²) in [4.78, 5) is 21.1. The van der Waals surface area contributed by atoms with Gasteiger partial charge in [0.2, 0.25) is 0 Å². The molecule has 25 heavy (non-hydrogen) atoms. The summed E-state index contributed by atoms with van der Waals surface area (Å²) in [6.07, 6.45) is 3.25. The summed E-state index contributed by atoms with van der Waals surface area (Å²) in [5, 5.41) is 10.2. The van der Waals surface area contributed by atoms with Crippen LogP contribution >= 0.6 is 11.6 Å². The topological polar surface area (TPSA) is 110 Å². The molecule has 5 N–H and O–H groups in total. The van der Waals surface area contributed by atoms with Crippen LogP contribution in [0, 0.1) is 6.92 Å². The van der Waals surface area contributed by atoms with Crippen molar-refractivity contribution in [1.29, 1.82) is 0 Å². The summed E-state index contributed by atoms with van der Waals surface area (Å²) < 4.78 is 1.88. The number of aromatic nitrogens is 3. The number of hydrogen-bond donors (Lipinski definition) is 4. The van der Waals surface area contributed by atoms with E-state index in [0.717, 1.165) is 37.2 Å². The molecule has 0 aromatic carbocycles. The number of rotatable bonds is 2. The van der Waals surface area contributed by atoms with Crippen LogP contribution in [0.15, 0.2) is 17.2 Å². The van der Waals surface area contributed by atoms with Crippen molar-refractivity contribution in [2.45, 2.75) is 32.0 Å². The highest BCUT2D eigenvalue weighted by atomic mass is 35.5. The Kier molecular flexibility index (Phi) is 3.90. The number of anilines is 3. The van der Waals surface area contributed by atoms with Gasteiger partial charge in [0.05, 0.1) is 0 Å². The lowest BCUT2D eigenvalue weighted by molar-refractivity contribution is 0.183. The standard InChI is InChI=1S/C16H20ClN7O/c1-9-5-10(23-14-12(17)13(18)20-8-21-14)15(25)24-11(9)6-22-16(24)3-2-4-19-7-16/h5,8,19,22H,2-4,6-7H2,1H3,(H3,18,20,21,23). The minimum absolute atomic E-state index is 0.0949. The fraction of sp³-hybridized carbons (Fsp3) is 0.438. The maximum atomic E-state index is 13.2. The van der Waals surface area contributed by atoms with Crippen LogP contribution in [-0.2, 0) is 12.2 Å². The van der Waals surface area contributed by atoms with Crippen LogP contribution in [-0.4, -0.2) is 27.6 Å². The van der Waals surface area contributed by atoms with Crippen LogP contribution in [0.1, 0.15) is 24.1 Å². The normalized spacial score (nSPS) is 22.2. The van der Waals surface area contributed by atoms with Crippen molar-refractivity contribution in [1.82, 2.24) is 25.2 Å². The van der Waals surface area contributed by atoms with Gasteiger partial charge in [-0.2, -0.15) is 0 Å². The number of pyridine rings is 1. The molecule has 1 spiro atoms. The minimum atomic E-state index is -0.373. The number of fused-ring (bicyclic) bond motifs is 2. The first-order chi connectivity index (χ1) is 12.0. The number of halogens is 1. The summed E-state index contributed by atoms with van der Waals surface area (Å²) in [6.45, 7) is 4.39. The largest absolute Gasteiger partial charge is 0.382 e. The lowest BCUT2D eigenvalue weighted by Crippen LogP contribution is -2.56. The third kappa shape index (κ3) is 2.57. The number of aryl methyl sites for hydroxylation is 1. The summed E-state index contributed by atoms with van der Waals surface area (Å²) in [5.41, 5.74) is 7.74. The zero-order valence-corrected chi connectivity index (χ0v) is 14.7. The van der Waals surface area contributed by atoms with Crippen LogP contribution in [0.2, 0.25) is 5.02 Å². The predicted molar refractivity (Wildman–Crippen MR) is 97.1 cm³/mol. The van der Waals surface area contributed by atoms with Crippen LogP contribution in [0.3, 0.4) is 0 Å². The molecule has 4 heterocycles. The van der Waals surface area contributed by atoms with Crippen molar-refractivity contribution in [3.63, 3.8) is 0 Å². The Morgan fingerprint density at radius 1 is 1.44 bits per heavy atom. The summed E-state index contributed by atoms with van der Waals surface area (Å²) in [6, 6.07) is 1.83. The highest BCUT2D eigenvalue weighted by Gasteiger charge is 2.41. The second-order valence-corrected chi connectivity index (χ2v) is 6.92. The second-order valence-electron chi connectivity index (χ2n) is 6.54. The molecule has 0 amide bonds. The van der Waals surface area contributed by atoms with E-state index in [9.17, 15) is 4.79 Å². The second kappa shape index (κ2) is 5.98. The van der Waals surface area contributed by atoms with E-state index in [1.165, 1.54) is 6.33 Å². The molecule has 132 valence electrons. The number of piperidine rings is 1. The van der Waals surface area contributed by atoms with Gasteiger partial charge >= 0.3 is 0 Å². The molecule has 4 rings (SSSR count). The number of nitrogens with one attached hydrogen (secondary N) is 3. The molecule has 1 atom stereocenters. The molecule has 2 aliphatic rings. The van der Waals surface area contributed by atoms with Crippen LogP contribution in [0.5, 0.6) is 0 Å². The molecule has 0 aliphatic carbocycles. The lowest BCUT2D eigenvalue weighted by atomic mass is 10.00. The monoisotopic (exact) mass is 361 g/mol. The fourth-order valence-corrected chi connectivity index (χ4v) is 3.84. The van der Waals surface area contributed by atoms with Gasteiger partial charge in [0.1, 0.15) is 28.5 Å². The van der Waals surface area contributed by atoms with Crippen molar-refractivity contribution in [3.8, 4) is 0 Å². The number of hydrogen-bond acceptors (Lipinski definition) is 7. The Bertz CT molecular complexity index is 889. The summed E-state index contributed by atoms with van der Waals surface area (Å²) >= 11 is 6.15. The van der Waals surface area contributed by atoms with Crippen molar-refractivity contribution < 1.29 is 0 Å². The van der Waals surface area contributed by atoms with Gasteiger partial charge in [0.25, 0.3) is 5.56 Å². The molecule has 0 bridgehead atoms. The Hall–Kier alpha value is -2.16. The smallest absolute Gasteiger partial charge is 0.276 e. The molecule has 2 aliphatic heterocycles. The average Bonchev–Trinajstić information content (AvgIpc) is 2.96. The van der Waals surface area contributed by atoms with E-state index in [0.29, 0.717) is 18.1 Å². The first-order valence-electron chi connectivity index (χ1n) is 8.26. The SMILES string of the molecule is Cc1cc(Nc2ncnc(N)c2Cl)c(=O)n2c1CNC21CCCNC1. The van der Waals surface area contributed by atoms with Crippen LogP contribution in [0.4, 0.5) is 17.3 Å². The third-order valence-corrected chi connectivity index (χ3v) is 5.34. The molecule has 0 radical (unpaired) electrons. The summed E-state index contributed by atoms with van der Waals surface area (Å²) in [7, 11) is 0. The van der Waals surface area contributed by atoms with Crippen LogP contribution in [0.25, 0.3) is 0 Å². The quantitative estimate of drug-likeness (QED) is 0.633. The highest BCUT2D eigenvalue weighted by molar-refractivity contribution is 6.35. The number of nitrogens with two attached hydrogens (primary N) is 1. The van der Waals surface area contributed by atoms with Gasteiger partial charge in [0.15, 0.2) is 5.82 Å². The van der Waals surface area contributed by atoms with E-state index in [4.69, 9.17) is 17.3 Å².